The molecular formula is C17H24N2. The van der Waals surface area contributed by atoms with Gasteiger partial charge in [-0.15, -0.1) is 0 Å². The zero-order chi connectivity index (χ0) is 13.7. The van der Waals surface area contributed by atoms with Crippen LogP contribution in [0.15, 0.2) is 30.3 Å². The Morgan fingerprint density at radius 2 is 1.95 bits per heavy atom. The Morgan fingerprint density at radius 3 is 2.68 bits per heavy atom. The molecule has 2 rings (SSSR count). The fourth-order valence-electron chi connectivity index (χ4n) is 2.46. The Hall–Kier alpha value is -1.41. The lowest BCUT2D eigenvalue weighted by Gasteiger charge is -2.18. The quantitative estimate of drug-likeness (QED) is 0.829. The number of aromatic nitrogens is 1. The molecule has 1 atom stereocenters. The van der Waals surface area contributed by atoms with E-state index in [0.29, 0.717) is 6.04 Å². The van der Waals surface area contributed by atoms with Crippen molar-refractivity contribution in [2.75, 3.05) is 6.54 Å². The van der Waals surface area contributed by atoms with Crippen molar-refractivity contribution in [3.8, 4) is 0 Å². The maximum Gasteiger partial charge on any atom is 0.0705 e. The van der Waals surface area contributed by atoms with E-state index in [-0.39, 0.29) is 0 Å². The molecule has 2 aromatic rings. The fraction of sp³-hybridized carbons (Fsp3) is 0.471. The molecule has 0 aliphatic carbocycles. The van der Waals surface area contributed by atoms with E-state index in [2.05, 4.69) is 54.5 Å². The summed E-state index contributed by atoms with van der Waals surface area (Å²) in [5, 5.41) is 4.88. The predicted octanol–water partition coefficient (Wildman–Crippen LogP) is 4.38. The number of hydrogen-bond acceptors (Lipinski definition) is 2. The molecule has 0 saturated heterocycles. The third kappa shape index (κ3) is 3.54. The van der Waals surface area contributed by atoms with Gasteiger partial charge in [-0.1, -0.05) is 32.4 Å². The SMILES string of the molecule is CCCNC(CCC)c1ccc2nc(C)ccc2c1. The lowest BCUT2D eigenvalue weighted by Crippen LogP contribution is -2.21. The molecule has 1 aromatic carbocycles. The standard InChI is InChI=1S/C17H24N2/c1-4-6-16(18-11-5-2)14-9-10-17-15(12-14)8-7-13(3)19-17/h7-10,12,16,18H,4-6,11H2,1-3H3. The van der Waals surface area contributed by atoms with Crippen LogP contribution in [0.5, 0.6) is 0 Å². The summed E-state index contributed by atoms with van der Waals surface area (Å²) < 4.78 is 0. The second-order valence-electron chi connectivity index (χ2n) is 5.20. The first-order valence-electron chi connectivity index (χ1n) is 7.35. The predicted molar refractivity (Wildman–Crippen MR) is 82.4 cm³/mol. The smallest absolute Gasteiger partial charge is 0.0705 e. The molecule has 0 spiro atoms. The van der Waals surface area contributed by atoms with Gasteiger partial charge in [0.1, 0.15) is 0 Å². The molecule has 1 unspecified atom stereocenters. The second kappa shape index (κ2) is 6.67. The van der Waals surface area contributed by atoms with Crippen molar-refractivity contribution >= 4 is 10.9 Å². The summed E-state index contributed by atoms with van der Waals surface area (Å²) in [6.45, 7) is 7.57. The van der Waals surface area contributed by atoms with E-state index in [1.807, 2.05) is 6.92 Å². The van der Waals surface area contributed by atoms with Gasteiger partial charge in [0.05, 0.1) is 5.52 Å². The maximum absolute atomic E-state index is 4.56. The van der Waals surface area contributed by atoms with Gasteiger partial charge in [0.2, 0.25) is 0 Å². The van der Waals surface area contributed by atoms with Gasteiger partial charge < -0.3 is 5.32 Å². The summed E-state index contributed by atoms with van der Waals surface area (Å²) in [5.74, 6) is 0. The van der Waals surface area contributed by atoms with Gasteiger partial charge in [-0.25, -0.2) is 0 Å². The summed E-state index contributed by atoms with van der Waals surface area (Å²) in [6, 6.07) is 11.4. The van der Waals surface area contributed by atoms with Gasteiger partial charge >= 0.3 is 0 Å². The summed E-state index contributed by atoms with van der Waals surface area (Å²) in [6.07, 6.45) is 3.56. The van der Waals surface area contributed by atoms with Crippen molar-refractivity contribution in [2.45, 2.75) is 46.1 Å². The molecular weight excluding hydrogens is 232 g/mol. The zero-order valence-corrected chi connectivity index (χ0v) is 12.2. The minimum absolute atomic E-state index is 0.468. The number of fused-ring (bicyclic) bond motifs is 1. The van der Waals surface area contributed by atoms with E-state index in [1.165, 1.54) is 30.2 Å². The molecule has 0 aliphatic rings. The van der Waals surface area contributed by atoms with Crippen LogP contribution in [0.1, 0.15) is 50.4 Å². The van der Waals surface area contributed by atoms with Crippen molar-refractivity contribution in [2.24, 2.45) is 0 Å². The number of benzene rings is 1. The van der Waals surface area contributed by atoms with Crippen LogP contribution in [-0.2, 0) is 0 Å². The maximum atomic E-state index is 4.56. The summed E-state index contributed by atoms with van der Waals surface area (Å²) in [4.78, 5) is 4.56. The Labute approximate surface area is 116 Å². The Kier molecular flexibility index (Phi) is 4.92. The number of pyridine rings is 1. The highest BCUT2D eigenvalue weighted by atomic mass is 14.9. The van der Waals surface area contributed by atoms with Crippen LogP contribution in [0, 0.1) is 6.92 Å². The molecule has 2 heteroatoms. The Bertz CT molecular complexity index is 534. The van der Waals surface area contributed by atoms with Crippen molar-refractivity contribution < 1.29 is 0 Å². The second-order valence-corrected chi connectivity index (χ2v) is 5.20. The highest BCUT2D eigenvalue weighted by Gasteiger charge is 2.10. The highest BCUT2D eigenvalue weighted by Crippen LogP contribution is 2.23. The molecule has 0 saturated carbocycles. The van der Waals surface area contributed by atoms with Crippen molar-refractivity contribution in [1.29, 1.82) is 0 Å². The van der Waals surface area contributed by atoms with E-state index in [4.69, 9.17) is 0 Å². The van der Waals surface area contributed by atoms with E-state index in [0.717, 1.165) is 17.8 Å². The van der Waals surface area contributed by atoms with Gasteiger partial charge in [-0.3, -0.25) is 4.98 Å². The minimum Gasteiger partial charge on any atom is -0.310 e. The molecule has 19 heavy (non-hydrogen) atoms. The van der Waals surface area contributed by atoms with Crippen LogP contribution in [0.2, 0.25) is 0 Å². The number of nitrogens with one attached hydrogen (secondary N) is 1. The molecule has 0 fully saturated rings. The molecule has 2 nitrogen and oxygen atoms in total. The van der Waals surface area contributed by atoms with E-state index >= 15 is 0 Å². The molecule has 0 aliphatic heterocycles. The van der Waals surface area contributed by atoms with E-state index < -0.39 is 0 Å². The summed E-state index contributed by atoms with van der Waals surface area (Å²) in [5.41, 5.74) is 3.55. The van der Waals surface area contributed by atoms with Crippen LogP contribution in [0.3, 0.4) is 0 Å². The lowest BCUT2D eigenvalue weighted by molar-refractivity contribution is 0.494. The summed E-state index contributed by atoms with van der Waals surface area (Å²) in [7, 11) is 0. The topological polar surface area (TPSA) is 24.9 Å². The lowest BCUT2D eigenvalue weighted by atomic mass is 10.00. The molecule has 0 bridgehead atoms. The van der Waals surface area contributed by atoms with Gasteiger partial charge in [-0.05, 0) is 50.1 Å². The number of rotatable bonds is 6. The average molecular weight is 256 g/mol. The summed E-state index contributed by atoms with van der Waals surface area (Å²) >= 11 is 0. The van der Waals surface area contributed by atoms with Crippen molar-refractivity contribution in [3.05, 3.63) is 41.6 Å². The van der Waals surface area contributed by atoms with Crippen molar-refractivity contribution in [3.63, 3.8) is 0 Å². The first-order valence-corrected chi connectivity index (χ1v) is 7.35. The first kappa shape index (κ1) is 14.0. The monoisotopic (exact) mass is 256 g/mol. The molecule has 102 valence electrons. The Morgan fingerprint density at radius 1 is 1.11 bits per heavy atom. The average Bonchev–Trinajstić information content (AvgIpc) is 2.43. The number of nitrogens with zero attached hydrogens (tertiary/aromatic N) is 1. The van der Waals surface area contributed by atoms with Gasteiger partial charge in [0.25, 0.3) is 0 Å². The van der Waals surface area contributed by atoms with Gasteiger partial charge in [-0.2, -0.15) is 0 Å². The van der Waals surface area contributed by atoms with E-state index in [1.54, 1.807) is 0 Å². The largest absolute Gasteiger partial charge is 0.310 e. The molecule has 1 aromatic heterocycles. The highest BCUT2D eigenvalue weighted by molar-refractivity contribution is 5.79. The number of hydrogen-bond donors (Lipinski definition) is 1. The minimum atomic E-state index is 0.468. The fourth-order valence-corrected chi connectivity index (χ4v) is 2.46. The molecule has 1 heterocycles. The zero-order valence-electron chi connectivity index (χ0n) is 12.2. The Balaban J connectivity index is 2.29. The third-order valence-electron chi connectivity index (χ3n) is 3.47. The van der Waals surface area contributed by atoms with Crippen LogP contribution in [0.25, 0.3) is 10.9 Å². The first-order chi connectivity index (χ1) is 9.24. The molecule has 0 amide bonds. The van der Waals surface area contributed by atoms with Crippen LogP contribution < -0.4 is 5.32 Å². The van der Waals surface area contributed by atoms with Crippen LogP contribution in [0.4, 0.5) is 0 Å². The molecule has 0 radical (unpaired) electrons. The van der Waals surface area contributed by atoms with Crippen LogP contribution in [-0.4, -0.2) is 11.5 Å². The molecule has 1 N–H and O–H groups in total. The number of aryl methyl sites for hydroxylation is 1. The van der Waals surface area contributed by atoms with Crippen molar-refractivity contribution in [1.82, 2.24) is 10.3 Å². The van der Waals surface area contributed by atoms with Crippen LogP contribution >= 0.6 is 0 Å². The normalized spacial score (nSPS) is 12.8. The van der Waals surface area contributed by atoms with E-state index in [9.17, 15) is 0 Å². The van der Waals surface area contributed by atoms with Gasteiger partial charge in [0, 0.05) is 17.1 Å². The third-order valence-corrected chi connectivity index (χ3v) is 3.47. The van der Waals surface area contributed by atoms with Gasteiger partial charge in [0.15, 0.2) is 0 Å².